The van der Waals surface area contributed by atoms with Gasteiger partial charge in [-0.05, 0) is 19.4 Å². The lowest BCUT2D eigenvalue weighted by Crippen LogP contribution is -2.29. The van der Waals surface area contributed by atoms with Gasteiger partial charge in [0.25, 0.3) is 0 Å². The second kappa shape index (κ2) is 9.60. The van der Waals surface area contributed by atoms with Gasteiger partial charge in [-0.25, -0.2) is 0 Å². The lowest BCUT2D eigenvalue weighted by molar-refractivity contribution is -0.138. The molecule has 4 nitrogen and oxygen atoms in total. The summed E-state index contributed by atoms with van der Waals surface area (Å²) in [6, 6.07) is 0.767. The van der Waals surface area contributed by atoms with Gasteiger partial charge in [0.2, 0.25) is 0 Å². The van der Waals surface area contributed by atoms with E-state index in [4.69, 9.17) is 9.84 Å². The summed E-state index contributed by atoms with van der Waals surface area (Å²) in [5.41, 5.74) is 0. The number of nitrogens with zero attached hydrogens (tertiary/aromatic N) is 1. The van der Waals surface area contributed by atoms with Gasteiger partial charge in [-0.3, -0.25) is 9.69 Å². The summed E-state index contributed by atoms with van der Waals surface area (Å²) < 4.78 is 5.23. The van der Waals surface area contributed by atoms with Crippen molar-refractivity contribution in [3.8, 4) is 0 Å². The molecule has 1 aliphatic carbocycles. The Labute approximate surface area is 98.6 Å². The van der Waals surface area contributed by atoms with Crippen LogP contribution in [0.2, 0.25) is 0 Å². The number of hydrogen-bond donors (Lipinski definition) is 1. The predicted molar refractivity (Wildman–Crippen MR) is 64.7 cm³/mol. The van der Waals surface area contributed by atoms with E-state index in [0.29, 0.717) is 13.2 Å². The second-order valence-corrected chi connectivity index (χ2v) is 3.62. The van der Waals surface area contributed by atoms with Crippen molar-refractivity contribution in [3.63, 3.8) is 0 Å². The number of carbonyl (C=O) groups is 1. The molecule has 0 aromatic rings. The number of aliphatic carboxylic acids is 1. The standard InChI is InChI=1S/C10H19NO3.C2H6/c1-2-11(9-3-4-9)6-8-14-7-5-10(12)13;1-2/h9H,2-8H2,1H3,(H,12,13);1-2H3. The van der Waals surface area contributed by atoms with Crippen molar-refractivity contribution in [2.45, 2.75) is 46.1 Å². The summed E-state index contributed by atoms with van der Waals surface area (Å²) in [7, 11) is 0. The fourth-order valence-corrected chi connectivity index (χ4v) is 1.48. The topological polar surface area (TPSA) is 49.8 Å². The molecule has 1 saturated carbocycles. The molecular formula is C12H25NO3. The summed E-state index contributed by atoms with van der Waals surface area (Å²) in [6.45, 7) is 9.12. The molecule has 1 rings (SSSR count). The van der Waals surface area contributed by atoms with Crippen molar-refractivity contribution in [2.24, 2.45) is 0 Å². The van der Waals surface area contributed by atoms with E-state index in [1.165, 1.54) is 12.8 Å². The lowest BCUT2D eigenvalue weighted by atomic mass is 10.4. The van der Waals surface area contributed by atoms with Crippen LogP contribution in [0.4, 0.5) is 0 Å². The van der Waals surface area contributed by atoms with E-state index in [-0.39, 0.29) is 6.42 Å². The zero-order valence-corrected chi connectivity index (χ0v) is 10.7. The number of hydrogen-bond acceptors (Lipinski definition) is 3. The highest BCUT2D eigenvalue weighted by Gasteiger charge is 2.27. The summed E-state index contributed by atoms with van der Waals surface area (Å²) in [6.07, 6.45) is 2.72. The van der Waals surface area contributed by atoms with Crippen molar-refractivity contribution in [3.05, 3.63) is 0 Å². The predicted octanol–water partition coefficient (Wildman–Crippen LogP) is 1.99. The third-order valence-corrected chi connectivity index (χ3v) is 2.45. The highest BCUT2D eigenvalue weighted by atomic mass is 16.5. The van der Waals surface area contributed by atoms with Crippen LogP contribution >= 0.6 is 0 Å². The van der Waals surface area contributed by atoms with Crippen LogP contribution < -0.4 is 0 Å². The largest absolute Gasteiger partial charge is 0.481 e. The molecule has 0 spiro atoms. The van der Waals surface area contributed by atoms with Crippen molar-refractivity contribution < 1.29 is 14.6 Å². The highest BCUT2D eigenvalue weighted by molar-refractivity contribution is 5.66. The van der Waals surface area contributed by atoms with Crippen molar-refractivity contribution in [2.75, 3.05) is 26.3 Å². The Kier molecular flexibility index (Phi) is 9.24. The molecule has 0 saturated heterocycles. The van der Waals surface area contributed by atoms with Crippen LogP contribution in [0.3, 0.4) is 0 Å². The molecule has 0 bridgehead atoms. The minimum Gasteiger partial charge on any atom is -0.481 e. The van der Waals surface area contributed by atoms with Crippen LogP contribution in [0, 0.1) is 0 Å². The normalized spacial score (nSPS) is 14.5. The number of rotatable bonds is 8. The molecule has 0 unspecified atom stereocenters. The van der Waals surface area contributed by atoms with Gasteiger partial charge in [0, 0.05) is 12.6 Å². The number of likely N-dealkylation sites (N-methyl/N-ethyl adjacent to an activating group) is 1. The molecular weight excluding hydrogens is 206 g/mol. The zero-order chi connectivity index (χ0) is 12.4. The second-order valence-electron chi connectivity index (χ2n) is 3.62. The first-order valence-electron chi connectivity index (χ1n) is 6.27. The maximum absolute atomic E-state index is 10.2. The van der Waals surface area contributed by atoms with Crippen LogP contribution in [-0.4, -0.2) is 48.3 Å². The van der Waals surface area contributed by atoms with Crippen molar-refractivity contribution in [1.29, 1.82) is 0 Å². The number of ether oxygens (including phenoxy) is 1. The molecule has 0 aromatic carbocycles. The Morgan fingerprint density at radius 1 is 1.38 bits per heavy atom. The van der Waals surface area contributed by atoms with Crippen LogP contribution in [0.15, 0.2) is 0 Å². The summed E-state index contributed by atoms with van der Waals surface area (Å²) in [5, 5.41) is 8.38. The van der Waals surface area contributed by atoms with E-state index < -0.39 is 5.97 Å². The SMILES string of the molecule is CC.CCN(CCOCCC(=O)O)C1CC1. The average molecular weight is 231 g/mol. The molecule has 0 atom stereocenters. The first kappa shape index (κ1) is 15.4. The van der Waals surface area contributed by atoms with Crippen LogP contribution in [-0.2, 0) is 9.53 Å². The van der Waals surface area contributed by atoms with E-state index in [9.17, 15) is 4.79 Å². The lowest BCUT2D eigenvalue weighted by Gasteiger charge is -2.19. The molecule has 1 N–H and O–H groups in total. The zero-order valence-electron chi connectivity index (χ0n) is 10.7. The summed E-state index contributed by atoms with van der Waals surface area (Å²) >= 11 is 0. The molecule has 4 heteroatoms. The molecule has 0 amide bonds. The van der Waals surface area contributed by atoms with Crippen LogP contribution in [0.1, 0.15) is 40.0 Å². The average Bonchev–Trinajstić information content (AvgIpc) is 3.10. The van der Waals surface area contributed by atoms with Gasteiger partial charge in [0.15, 0.2) is 0 Å². The van der Waals surface area contributed by atoms with E-state index in [2.05, 4.69) is 11.8 Å². The number of carboxylic acid groups (broad SMARTS) is 1. The number of carboxylic acids is 1. The Hall–Kier alpha value is -0.610. The third kappa shape index (κ3) is 7.65. The van der Waals surface area contributed by atoms with Crippen LogP contribution in [0.25, 0.3) is 0 Å². The van der Waals surface area contributed by atoms with E-state index in [1.807, 2.05) is 13.8 Å². The monoisotopic (exact) mass is 231 g/mol. The highest BCUT2D eigenvalue weighted by Crippen LogP contribution is 2.25. The summed E-state index contributed by atoms with van der Waals surface area (Å²) in [4.78, 5) is 12.6. The van der Waals surface area contributed by atoms with Crippen molar-refractivity contribution in [1.82, 2.24) is 4.90 Å². The van der Waals surface area contributed by atoms with E-state index in [1.54, 1.807) is 0 Å². The minimum absolute atomic E-state index is 0.107. The maximum Gasteiger partial charge on any atom is 0.305 e. The van der Waals surface area contributed by atoms with Crippen LogP contribution in [0.5, 0.6) is 0 Å². The summed E-state index contributed by atoms with van der Waals surface area (Å²) in [5.74, 6) is -0.792. The third-order valence-electron chi connectivity index (χ3n) is 2.45. The Morgan fingerprint density at radius 3 is 2.44 bits per heavy atom. The molecule has 96 valence electrons. The van der Waals surface area contributed by atoms with E-state index >= 15 is 0 Å². The molecule has 0 aromatic heterocycles. The fourth-order valence-electron chi connectivity index (χ4n) is 1.48. The van der Waals surface area contributed by atoms with Gasteiger partial charge in [0.1, 0.15) is 0 Å². The van der Waals surface area contributed by atoms with Gasteiger partial charge >= 0.3 is 5.97 Å². The first-order valence-corrected chi connectivity index (χ1v) is 6.27. The molecule has 1 fully saturated rings. The Balaban J connectivity index is 0.00000106. The fraction of sp³-hybridized carbons (Fsp3) is 0.917. The molecule has 0 heterocycles. The quantitative estimate of drug-likeness (QED) is 0.649. The first-order chi connectivity index (χ1) is 7.74. The molecule has 0 radical (unpaired) electrons. The molecule has 1 aliphatic rings. The van der Waals surface area contributed by atoms with Gasteiger partial charge in [-0.15, -0.1) is 0 Å². The van der Waals surface area contributed by atoms with Gasteiger partial charge < -0.3 is 9.84 Å². The minimum atomic E-state index is -0.792. The Morgan fingerprint density at radius 2 is 2.00 bits per heavy atom. The van der Waals surface area contributed by atoms with Gasteiger partial charge in [-0.2, -0.15) is 0 Å². The van der Waals surface area contributed by atoms with E-state index in [0.717, 1.165) is 19.1 Å². The van der Waals surface area contributed by atoms with Gasteiger partial charge in [-0.1, -0.05) is 20.8 Å². The maximum atomic E-state index is 10.2. The van der Waals surface area contributed by atoms with Crippen molar-refractivity contribution >= 4 is 5.97 Å². The smallest absolute Gasteiger partial charge is 0.305 e. The molecule has 16 heavy (non-hydrogen) atoms. The Bertz CT molecular complexity index is 181. The van der Waals surface area contributed by atoms with Gasteiger partial charge in [0.05, 0.1) is 19.6 Å². The molecule has 0 aliphatic heterocycles.